The number of rotatable bonds is 4. The summed E-state index contributed by atoms with van der Waals surface area (Å²) >= 11 is 0. The maximum atomic E-state index is 11.6. The molecule has 0 unspecified atom stereocenters. The lowest BCUT2D eigenvalue weighted by Gasteiger charge is -2.08. The van der Waals surface area contributed by atoms with Gasteiger partial charge in [0.25, 0.3) is 5.91 Å². The van der Waals surface area contributed by atoms with E-state index in [1.54, 1.807) is 30.3 Å². The number of carbonyl (C=O) groups excluding carboxylic acids is 2. The monoisotopic (exact) mass is 300 g/mol. The molecule has 0 atom stereocenters. The summed E-state index contributed by atoms with van der Waals surface area (Å²) in [5, 5.41) is 12.5. The Hall–Kier alpha value is -2.89. The van der Waals surface area contributed by atoms with Crippen LogP contribution >= 0.6 is 0 Å². The molecule has 0 spiro atoms. The number of nitrogens with one attached hydrogen (secondary N) is 1. The molecule has 6 heteroatoms. The van der Waals surface area contributed by atoms with E-state index in [1.165, 1.54) is 20.4 Å². The lowest BCUT2D eigenvalue weighted by atomic mass is 10.0. The summed E-state index contributed by atoms with van der Waals surface area (Å²) in [4.78, 5) is 26.8. The Labute approximate surface area is 127 Å². The molecule has 6 nitrogen and oxygen atoms in total. The average Bonchev–Trinajstić information content (AvgIpc) is 2.55. The fourth-order valence-electron chi connectivity index (χ4n) is 1.98. The van der Waals surface area contributed by atoms with Gasteiger partial charge in [-0.25, -0.2) is 0 Å². The molecule has 1 aromatic heterocycles. The Morgan fingerprint density at radius 2 is 1.95 bits per heavy atom. The third-order valence-electron chi connectivity index (χ3n) is 3.20. The normalized spacial score (nSPS) is 10.1. The van der Waals surface area contributed by atoms with Gasteiger partial charge in [0.15, 0.2) is 0 Å². The van der Waals surface area contributed by atoms with E-state index in [9.17, 15) is 14.7 Å². The van der Waals surface area contributed by atoms with Crippen molar-refractivity contribution in [2.75, 3.05) is 14.2 Å². The van der Waals surface area contributed by atoms with Crippen molar-refractivity contribution < 1.29 is 19.4 Å². The van der Waals surface area contributed by atoms with Gasteiger partial charge in [-0.2, -0.15) is 0 Å². The predicted molar refractivity (Wildman–Crippen MR) is 80.4 cm³/mol. The number of hydrogen-bond acceptors (Lipinski definition) is 5. The van der Waals surface area contributed by atoms with Crippen LogP contribution in [0.5, 0.6) is 5.75 Å². The standard InChI is InChI=1S/C16H16N2O4/c1-17-16(21)13-7-11(5-6-18-13)10-3-4-12(14(19)8-10)9-15(20)22-2/h3-8,19H,9H2,1-2H3,(H,17,21). The van der Waals surface area contributed by atoms with Gasteiger partial charge in [-0.1, -0.05) is 12.1 Å². The van der Waals surface area contributed by atoms with Crippen LogP contribution in [-0.4, -0.2) is 36.1 Å². The summed E-state index contributed by atoms with van der Waals surface area (Å²) in [6, 6.07) is 8.33. The largest absolute Gasteiger partial charge is 0.508 e. The van der Waals surface area contributed by atoms with Crippen LogP contribution in [0, 0.1) is 0 Å². The summed E-state index contributed by atoms with van der Waals surface area (Å²) in [5.74, 6) is -0.705. The maximum Gasteiger partial charge on any atom is 0.310 e. The Morgan fingerprint density at radius 1 is 1.23 bits per heavy atom. The van der Waals surface area contributed by atoms with E-state index in [4.69, 9.17) is 0 Å². The topological polar surface area (TPSA) is 88.5 Å². The Morgan fingerprint density at radius 3 is 2.59 bits per heavy atom. The van der Waals surface area contributed by atoms with Crippen molar-refractivity contribution in [1.29, 1.82) is 0 Å². The molecule has 1 heterocycles. The van der Waals surface area contributed by atoms with Gasteiger partial charge in [0.05, 0.1) is 13.5 Å². The highest BCUT2D eigenvalue weighted by molar-refractivity contribution is 5.93. The van der Waals surface area contributed by atoms with Crippen LogP contribution in [0.1, 0.15) is 16.1 Å². The molecule has 0 bridgehead atoms. The van der Waals surface area contributed by atoms with Crippen LogP contribution < -0.4 is 5.32 Å². The highest BCUT2D eigenvalue weighted by Gasteiger charge is 2.11. The third-order valence-corrected chi connectivity index (χ3v) is 3.20. The SMILES string of the molecule is CNC(=O)c1cc(-c2ccc(CC(=O)OC)c(O)c2)ccn1. The first kappa shape index (κ1) is 15.5. The lowest BCUT2D eigenvalue weighted by Crippen LogP contribution is -2.19. The van der Waals surface area contributed by atoms with Crippen LogP contribution in [0.15, 0.2) is 36.5 Å². The number of nitrogens with zero attached hydrogens (tertiary/aromatic N) is 1. The van der Waals surface area contributed by atoms with E-state index < -0.39 is 5.97 Å². The van der Waals surface area contributed by atoms with E-state index in [0.29, 0.717) is 5.56 Å². The molecule has 0 saturated carbocycles. The molecule has 0 aliphatic heterocycles. The maximum absolute atomic E-state index is 11.6. The predicted octanol–water partition coefficient (Wildman–Crippen LogP) is 1.53. The van der Waals surface area contributed by atoms with Gasteiger partial charge in [-0.05, 0) is 29.3 Å². The molecule has 0 radical (unpaired) electrons. The minimum atomic E-state index is -0.422. The first-order valence-electron chi connectivity index (χ1n) is 6.62. The van der Waals surface area contributed by atoms with E-state index in [1.807, 2.05) is 0 Å². The summed E-state index contributed by atoms with van der Waals surface area (Å²) in [6.07, 6.45) is 1.53. The molecule has 114 valence electrons. The van der Waals surface area contributed by atoms with Gasteiger partial charge in [0, 0.05) is 18.8 Å². The second kappa shape index (κ2) is 6.71. The highest BCUT2D eigenvalue weighted by Crippen LogP contribution is 2.27. The highest BCUT2D eigenvalue weighted by atomic mass is 16.5. The van der Waals surface area contributed by atoms with Gasteiger partial charge in [0.1, 0.15) is 11.4 Å². The van der Waals surface area contributed by atoms with Crippen molar-refractivity contribution in [1.82, 2.24) is 10.3 Å². The van der Waals surface area contributed by atoms with Crippen molar-refractivity contribution in [3.8, 4) is 16.9 Å². The molecule has 0 saturated heterocycles. The van der Waals surface area contributed by atoms with Crippen molar-refractivity contribution in [2.24, 2.45) is 0 Å². The van der Waals surface area contributed by atoms with Gasteiger partial charge in [-0.3, -0.25) is 14.6 Å². The summed E-state index contributed by atoms with van der Waals surface area (Å²) in [7, 11) is 2.83. The molecule has 2 aromatic rings. The smallest absolute Gasteiger partial charge is 0.310 e. The lowest BCUT2D eigenvalue weighted by molar-refractivity contribution is -0.139. The zero-order valence-corrected chi connectivity index (χ0v) is 12.3. The van der Waals surface area contributed by atoms with Crippen molar-refractivity contribution >= 4 is 11.9 Å². The van der Waals surface area contributed by atoms with Gasteiger partial charge in [0.2, 0.25) is 0 Å². The van der Waals surface area contributed by atoms with Crippen LogP contribution in [0.25, 0.3) is 11.1 Å². The molecule has 1 aromatic carbocycles. The average molecular weight is 300 g/mol. The van der Waals surface area contributed by atoms with Gasteiger partial charge >= 0.3 is 5.97 Å². The first-order chi connectivity index (χ1) is 10.5. The molecule has 2 N–H and O–H groups in total. The molecular weight excluding hydrogens is 284 g/mol. The Kier molecular flexibility index (Phi) is 4.73. The van der Waals surface area contributed by atoms with Crippen LogP contribution in [0.4, 0.5) is 0 Å². The number of amides is 1. The van der Waals surface area contributed by atoms with Gasteiger partial charge in [-0.15, -0.1) is 0 Å². The molecule has 0 aliphatic carbocycles. The summed E-state index contributed by atoms with van der Waals surface area (Å²) in [5.41, 5.74) is 2.24. The number of pyridine rings is 1. The number of methoxy groups -OCH3 is 1. The van der Waals surface area contributed by atoms with Crippen molar-refractivity contribution in [3.05, 3.63) is 47.8 Å². The van der Waals surface area contributed by atoms with Gasteiger partial charge < -0.3 is 15.2 Å². The first-order valence-corrected chi connectivity index (χ1v) is 6.62. The number of aromatic hydroxyl groups is 1. The molecule has 0 fully saturated rings. The zero-order chi connectivity index (χ0) is 16.1. The van der Waals surface area contributed by atoms with Crippen LogP contribution in [0.2, 0.25) is 0 Å². The third kappa shape index (κ3) is 3.41. The van der Waals surface area contributed by atoms with Crippen molar-refractivity contribution in [3.63, 3.8) is 0 Å². The molecular formula is C16H16N2O4. The number of hydrogen-bond donors (Lipinski definition) is 2. The van der Waals surface area contributed by atoms with E-state index >= 15 is 0 Å². The van der Waals surface area contributed by atoms with Crippen LogP contribution in [-0.2, 0) is 16.0 Å². The molecule has 0 aliphatic rings. The zero-order valence-electron chi connectivity index (χ0n) is 12.3. The molecule has 1 amide bonds. The number of esters is 1. The number of carbonyl (C=O) groups is 2. The summed E-state index contributed by atoms with van der Waals surface area (Å²) < 4.78 is 4.58. The number of ether oxygens (including phenoxy) is 1. The molecule has 2 rings (SSSR count). The van der Waals surface area contributed by atoms with E-state index in [-0.39, 0.29) is 23.8 Å². The van der Waals surface area contributed by atoms with Crippen molar-refractivity contribution in [2.45, 2.75) is 6.42 Å². The summed E-state index contributed by atoms with van der Waals surface area (Å²) in [6.45, 7) is 0. The number of phenolic OH excluding ortho intramolecular Hbond substituents is 1. The molecule has 22 heavy (non-hydrogen) atoms. The number of benzene rings is 1. The van der Waals surface area contributed by atoms with E-state index in [2.05, 4.69) is 15.0 Å². The fourth-order valence-corrected chi connectivity index (χ4v) is 1.98. The number of phenols is 1. The Bertz CT molecular complexity index is 713. The minimum absolute atomic E-state index is 0.00112. The fraction of sp³-hybridized carbons (Fsp3) is 0.188. The number of aromatic nitrogens is 1. The quantitative estimate of drug-likeness (QED) is 0.836. The Balaban J connectivity index is 2.32. The van der Waals surface area contributed by atoms with Crippen LogP contribution in [0.3, 0.4) is 0 Å². The minimum Gasteiger partial charge on any atom is -0.508 e. The second-order valence-corrected chi connectivity index (χ2v) is 4.61. The second-order valence-electron chi connectivity index (χ2n) is 4.61. The van der Waals surface area contributed by atoms with E-state index in [0.717, 1.165) is 11.1 Å².